The number of ether oxygens (including phenoxy) is 2. The van der Waals surface area contributed by atoms with Crippen LogP contribution in [-0.4, -0.2) is 54.1 Å². The van der Waals surface area contributed by atoms with Gasteiger partial charge in [-0.2, -0.15) is 0 Å². The van der Waals surface area contributed by atoms with Gasteiger partial charge in [0, 0.05) is 41.6 Å². The van der Waals surface area contributed by atoms with Crippen molar-refractivity contribution in [2.24, 2.45) is 0 Å². The minimum Gasteiger partial charge on any atom is -0.493 e. The van der Waals surface area contributed by atoms with Gasteiger partial charge >= 0.3 is 0 Å². The number of methoxy groups -OCH3 is 1. The summed E-state index contributed by atoms with van der Waals surface area (Å²) in [5.74, 6) is 0.970. The molecule has 7 nitrogen and oxygen atoms in total. The molecule has 0 radical (unpaired) electrons. The Balaban J connectivity index is 1.64. The van der Waals surface area contributed by atoms with E-state index in [-0.39, 0.29) is 5.91 Å². The zero-order valence-corrected chi connectivity index (χ0v) is 19.7. The van der Waals surface area contributed by atoms with Crippen molar-refractivity contribution in [3.8, 4) is 22.1 Å². The summed E-state index contributed by atoms with van der Waals surface area (Å²) in [6, 6.07) is 9.12. The summed E-state index contributed by atoms with van der Waals surface area (Å²) in [4.78, 5) is 23.6. The molecule has 32 heavy (non-hydrogen) atoms. The van der Waals surface area contributed by atoms with Crippen LogP contribution in [0.3, 0.4) is 0 Å². The Hall–Kier alpha value is -2.97. The van der Waals surface area contributed by atoms with Crippen LogP contribution in [0, 0.1) is 0 Å². The summed E-state index contributed by atoms with van der Waals surface area (Å²) in [5, 5.41) is 5.43. The van der Waals surface area contributed by atoms with E-state index in [0.717, 1.165) is 43.0 Å². The van der Waals surface area contributed by atoms with Crippen LogP contribution < -0.4 is 14.8 Å². The Bertz CT molecular complexity index is 988. The fraction of sp³-hybridized carbons (Fsp3) is 0.375. The lowest BCUT2D eigenvalue weighted by Gasteiger charge is -2.21. The van der Waals surface area contributed by atoms with E-state index in [4.69, 9.17) is 9.47 Å². The standard InChI is InChI=1S/C24H30N4O3S/c1-4-12-28(13-5-2)14-15-31-22-16-19(6-7-21(22)30-3)26-23(29)20-17-32-24(27-20)18-8-10-25-11-9-18/h6-11,16-17H,4-5,12-15H2,1-3H3,(H,26,29). The van der Waals surface area contributed by atoms with Crippen LogP contribution in [0.5, 0.6) is 11.5 Å². The third kappa shape index (κ3) is 6.51. The summed E-state index contributed by atoms with van der Waals surface area (Å²) in [7, 11) is 1.61. The molecule has 0 fully saturated rings. The van der Waals surface area contributed by atoms with Gasteiger partial charge in [0.25, 0.3) is 5.91 Å². The number of hydrogen-bond donors (Lipinski definition) is 1. The van der Waals surface area contributed by atoms with Crippen LogP contribution in [0.2, 0.25) is 0 Å². The second-order valence-electron chi connectivity index (χ2n) is 7.28. The summed E-state index contributed by atoms with van der Waals surface area (Å²) in [6.45, 7) is 7.87. The topological polar surface area (TPSA) is 76.6 Å². The van der Waals surface area contributed by atoms with Gasteiger partial charge in [-0.1, -0.05) is 13.8 Å². The van der Waals surface area contributed by atoms with Gasteiger partial charge in [0.15, 0.2) is 11.5 Å². The maximum Gasteiger partial charge on any atom is 0.275 e. The van der Waals surface area contributed by atoms with Gasteiger partial charge in [0.05, 0.1) is 7.11 Å². The van der Waals surface area contributed by atoms with Gasteiger partial charge in [0.2, 0.25) is 0 Å². The molecule has 0 aliphatic rings. The van der Waals surface area contributed by atoms with Gasteiger partial charge in [0.1, 0.15) is 17.3 Å². The van der Waals surface area contributed by atoms with Crippen molar-refractivity contribution in [3.05, 3.63) is 53.8 Å². The number of carbonyl (C=O) groups excluding carboxylic acids is 1. The van der Waals surface area contributed by atoms with E-state index >= 15 is 0 Å². The number of amides is 1. The minimum atomic E-state index is -0.269. The highest BCUT2D eigenvalue weighted by atomic mass is 32.1. The monoisotopic (exact) mass is 454 g/mol. The molecule has 8 heteroatoms. The Morgan fingerprint density at radius 1 is 1.06 bits per heavy atom. The molecule has 1 aromatic carbocycles. The molecule has 3 rings (SSSR count). The van der Waals surface area contributed by atoms with E-state index in [1.807, 2.05) is 12.1 Å². The fourth-order valence-electron chi connectivity index (χ4n) is 3.32. The maximum absolute atomic E-state index is 12.7. The lowest BCUT2D eigenvalue weighted by Crippen LogP contribution is -2.30. The Kier molecular flexibility index (Phi) is 9.01. The number of rotatable bonds is 12. The zero-order valence-electron chi connectivity index (χ0n) is 18.8. The molecule has 170 valence electrons. The summed E-state index contributed by atoms with van der Waals surface area (Å²) >= 11 is 1.42. The molecule has 3 aromatic rings. The molecule has 0 atom stereocenters. The second kappa shape index (κ2) is 12.2. The van der Waals surface area contributed by atoms with E-state index in [9.17, 15) is 4.79 Å². The number of thiazole rings is 1. The van der Waals surface area contributed by atoms with Crippen LogP contribution >= 0.6 is 11.3 Å². The summed E-state index contributed by atoms with van der Waals surface area (Å²) in [6.07, 6.45) is 5.65. The Morgan fingerprint density at radius 3 is 2.50 bits per heavy atom. The number of pyridine rings is 1. The largest absolute Gasteiger partial charge is 0.493 e. The Morgan fingerprint density at radius 2 is 1.81 bits per heavy atom. The quantitative estimate of drug-likeness (QED) is 0.417. The number of benzene rings is 1. The molecule has 0 spiro atoms. The predicted molar refractivity (Wildman–Crippen MR) is 129 cm³/mol. The van der Waals surface area contributed by atoms with E-state index in [2.05, 4.69) is 34.0 Å². The molecule has 2 heterocycles. The van der Waals surface area contributed by atoms with Gasteiger partial charge in [-0.15, -0.1) is 11.3 Å². The molecule has 1 N–H and O–H groups in total. The first kappa shape index (κ1) is 23.7. The number of aromatic nitrogens is 2. The van der Waals surface area contributed by atoms with Gasteiger partial charge in [-0.05, 0) is 50.2 Å². The number of anilines is 1. The van der Waals surface area contributed by atoms with Crippen LogP contribution in [0.15, 0.2) is 48.1 Å². The van der Waals surface area contributed by atoms with Crippen molar-refractivity contribution >= 4 is 22.9 Å². The predicted octanol–water partition coefficient (Wildman–Crippen LogP) is 4.97. The van der Waals surface area contributed by atoms with Crippen molar-refractivity contribution in [1.82, 2.24) is 14.9 Å². The fourth-order valence-corrected chi connectivity index (χ4v) is 4.13. The van der Waals surface area contributed by atoms with Crippen molar-refractivity contribution in [3.63, 3.8) is 0 Å². The molecule has 0 saturated heterocycles. The SMILES string of the molecule is CCCN(CCC)CCOc1cc(NC(=O)c2csc(-c3ccncc3)n2)ccc1OC. The minimum absolute atomic E-state index is 0.269. The third-order valence-electron chi connectivity index (χ3n) is 4.83. The lowest BCUT2D eigenvalue weighted by molar-refractivity contribution is 0.102. The molecule has 0 unspecified atom stereocenters. The highest BCUT2D eigenvalue weighted by Crippen LogP contribution is 2.31. The van der Waals surface area contributed by atoms with Crippen LogP contribution in [-0.2, 0) is 0 Å². The molecular formula is C24H30N4O3S. The van der Waals surface area contributed by atoms with Crippen molar-refractivity contribution in [2.75, 3.05) is 38.7 Å². The van der Waals surface area contributed by atoms with Crippen LogP contribution in [0.4, 0.5) is 5.69 Å². The van der Waals surface area contributed by atoms with E-state index in [1.165, 1.54) is 11.3 Å². The first-order chi connectivity index (χ1) is 15.6. The molecule has 1 amide bonds. The van der Waals surface area contributed by atoms with Gasteiger partial charge in [-0.25, -0.2) is 4.98 Å². The van der Waals surface area contributed by atoms with Gasteiger partial charge in [-0.3, -0.25) is 14.7 Å². The van der Waals surface area contributed by atoms with Crippen LogP contribution in [0.1, 0.15) is 37.2 Å². The normalized spacial score (nSPS) is 10.9. The Labute approximate surface area is 193 Å². The summed E-state index contributed by atoms with van der Waals surface area (Å²) < 4.78 is 11.4. The molecule has 0 aliphatic carbocycles. The molecule has 0 saturated carbocycles. The van der Waals surface area contributed by atoms with Crippen LogP contribution in [0.25, 0.3) is 10.6 Å². The molecule has 2 aromatic heterocycles. The van der Waals surface area contributed by atoms with E-state index in [1.54, 1.807) is 43.1 Å². The number of carbonyl (C=O) groups is 1. The maximum atomic E-state index is 12.7. The lowest BCUT2D eigenvalue weighted by atomic mass is 10.2. The second-order valence-corrected chi connectivity index (χ2v) is 8.14. The first-order valence-corrected chi connectivity index (χ1v) is 11.7. The number of nitrogens with zero attached hydrogens (tertiary/aromatic N) is 3. The van der Waals surface area contributed by atoms with Crippen molar-refractivity contribution < 1.29 is 14.3 Å². The highest BCUT2D eigenvalue weighted by Gasteiger charge is 2.14. The third-order valence-corrected chi connectivity index (χ3v) is 5.72. The average molecular weight is 455 g/mol. The van der Waals surface area contributed by atoms with E-state index in [0.29, 0.717) is 29.5 Å². The molecular weight excluding hydrogens is 424 g/mol. The number of nitrogens with one attached hydrogen (secondary N) is 1. The average Bonchev–Trinajstić information content (AvgIpc) is 3.31. The summed E-state index contributed by atoms with van der Waals surface area (Å²) in [5.41, 5.74) is 1.93. The smallest absolute Gasteiger partial charge is 0.275 e. The highest BCUT2D eigenvalue weighted by molar-refractivity contribution is 7.13. The molecule has 0 aliphatic heterocycles. The van der Waals surface area contributed by atoms with Crippen molar-refractivity contribution in [1.29, 1.82) is 0 Å². The first-order valence-electron chi connectivity index (χ1n) is 10.8. The molecule has 0 bridgehead atoms. The number of hydrogen-bond acceptors (Lipinski definition) is 7. The van der Waals surface area contributed by atoms with Gasteiger partial charge < -0.3 is 14.8 Å². The van der Waals surface area contributed by atoms with Crippen molar-refractivity contribution in [2.45, 2.75) is 26.7 Å². The zero-order chi connectivity index (χ0) is 22.8. The van der Waals surface area contributed by atoms with E-state index < -0.39 is 0 Å².